The fourth-order valence-corrected chi connectivity index (χ4v) is 1.66. The zero-order chi connectivity index (χ0) is 7.56. The van der Waals surface area contributed by atoms with Gasteiger partial charge in [0.05, 0.1) is 0 Å². The maximum Gasteiger partial charge on any atom is 0.0299 e. The Kier molecular flexibility index (Phi) is 2.50. The average Bonchev–Trinajstić information content (AvgIpc) is 1.76. The van der Waals surface area contributed by atoms with E-state index in [1.807, 2.05) is 7.05 Å². The van der Waals surface area contributed by atoms with Crippen LogP contribution in [0, 0.1) is 5.92 Å². The standard InChI is InChI=1S/C9H17N/c1-7(2)9(10-3)8-5-4-6-8/h8-10H,1,4-6H2,2-3H3. The molecule has 1 N–H and O–H groups in total. The Bertz CT molecular complexity index is 125. The Balaban J connectivity index is 2.39. The minimum absolute atomic E-state index is 0.578. The molecule has 1 fully saturated rings. The van der Waals surface area contributed by atoms with E-state index in [0.29, 0.717) is 6.04 Å². The zero-order valence-corrected chi connectivity index (χ0v) is 6.98. The molecule has 1 aliphatic carbocycles. The van der Waals surface area contributed by atoms with E-state index in [4.69, 9.17) is 0 Å². The molecule has 1 atom stereocenters. The van der Waals surface area contributed by atoms with Crippen LogP contribution in [0.4, 0.5) is 0 Å². The second-order valence-corrected chi connectivity index (χ2v) is 3.30. The summed E-state index contributed by atoms with van der Waals surface area (Å²) in [5.41, 5.74) is 1.28. The molecule has 0 aromatic carbocycles. The maximum atomic E-state index is 3.97. The molecule has 0 radical (unpaired) electrons. The average molecular weight is 139 g/mol. The van der Waals surface area contributed by atoms with Crippen LogP contribution in [-0.2, 0) is 0 Å². The second-order valence-electron chi connectivity index (χ2n) is 3.30. The van der Waals surface area contributed by atoms with Crippen molar-refractivity contribution in [3.05, 3.63) is 12.2 Å². The van der Waals surface area contributed by atoms with E-state index >= 15 is 0 Å². The van der Waals surface area contributed by atoms with Gasteiger partial charge in [-0.3, -0.25) is 0 Å². The van der Waals surface area contributed by atoms with Crippen molar-refractivity contribution < 1.29 is 0 Å². The molecule has 1 nitrogen and oxygen atoms in total. The SMILES string of the molecule is C=C(C)C(NC)C1CCC1. The zero-order valence-electron chi connectivity index (χ0n) is 6.98. The molecular weight excluding hydrogens is 122 g/mol. The lowest BCUT2D eigenvalue weighted by Gasteiger charge is -2.33. The fourth-order valence-electron chi connectivity index (χ4n) is 1.66. The maximum absolute atomic E-state index is 3.97. The van der Waals surface area contributed by atoms with Gasteiger partial charge < -0.3 is 5.32 Å². The van der Waals surface area contributed by atoms with Crippen LogP contribution in [0.25, 0.3) is 0 Å². The summed E-state index contributed by atoms with van der Waals surface area (Å²) >= 11 is 0. The van der Waals surface area contributed by atoms with Gasteiger partial charge in [-0.05, 0) is 32.7 Å². The lowest BCUT2D eigenvalue weighted by molar-refractivity contribution is 0.260. The molecule has 58 valence electrons. The van der Waals surface area contributed by atoms with E-state index in [9.17, 15) is 0 Å². The summed E-state index contributed by atoms with van der Waals surface area (Å²) in [7, 11) is 2.03. The molecule has 10 heavy (non-hydrogen) atoms. The summed E-state index contributed by atoms with van der Waals surface area (Å²) in [6.45, 7) is 6.08. The second kappa shape index (κ2) is 3.20. The molecule has 0 bridgehead atoms. The van der Waals surface area contributed by atoms with Gasteiger partial charge in [-0.1, -0.05) is 18.6 Å². The van der Waals surface area contributed by atoms with Crippen LogP contribution in [0.5, 0.6) is 0 Å². The molecular formula is C9H17N. The van der Waals surface area contributed by atoms with Crippen LogP contribution in [0.1, 0.15) is 26.2 Å². The van der Waals surface area contributed by atoms with Gasteiger partial charge in [-0.15, -0.1) is 0 Å². The molecule has 0 amide bonds. The van der Waals surface area contributed by atoms with Crippen LogP contribution in [0.2, 0.25) is 0 Å². The van der Waals surface area contributed by atoms with Crippen molar-refractivity contribution >= 4 is 0 Å². The van der Waals surface area contributed by atoms with Crippen molar-refractivity contribution in [3.63, 3.8) is 0 Å². The molecule has 0 spiro atoms. The summed E-state index contributed by atoms with van der Waals surface area (Å²) < 4.78 is 0. The van der Waals surface area contributed by atoms with Crippen molar-refractivity contribution in [2.45, 2.75) is 32.2 Å². The number of rotatable bonds is 3. The number of likely N-dealkylation sites (N-methyl/N-ethyl adjacent to an activating group) is 1. The molecule has 0 aromatic rings. The highest BCUT2D eigenvalue weighted by Gasteiger charge is 2.25. The molecule has 0 aromatic heterocycles. The predicted molar refractivity (Wildman–Crippen MR) is 45.0 cm³/mol. The smallest absolute Gasteiger partial charge is 0.0299 e. The molecule has 0 aliphatic heterocycles. The first-order valence-electron chi connectivity index (χ1n) is 4.08. The first-order chi connectivity index (χ1) is 4.75. The minimum Gasteiger partial charge on any atom is -0.313 e. The quantitative estimate of drug-likeness (QED) is 0.589. The Morgan fingerprint density at radius 3 is 2.30 bits per heavy atom. The van der Waals surface area contributed by atoms with Crippen LogP contribution < -0.4 is 5.32 Å². The predicted octanol–water partition coefficient (Wildman–Crippen LogP) is 1.95. The molecule has 0 saturated heterocycles. The van der Waals surface area contributed by atoms with Crippen molar-refractivity contribution in [2.75, 3.05) is 7.05 Å². The van der Waals surface area contributed by atoms with E-state index < -0.39 is 0 Å². The van der Waals surface area contributed by atoms with E-state index in [-0.39, 0.29) is 0 Å². The first-order valence-corrected chi connectivity index (χ1v) is 4.08. The first kappa shape index (κ1) is 7.80. The van der Waals surface area contributed by atoms with Crippen LogP contribution in [0.15, 0.2) is 12.2 Å². The highest BCUT2D eigenvalue weighted by atomic mass is 14.9. The van der Waals surface area contributed by atoms with Gasteiger partial charge in [0.25, 0.3) is 0 Å². The third kappa shape index (κ3) is 1.40. The highest BCUT2D eigenvalue weighted by Crippen LogP contribution is 2.31. The molecule has 1 aliphatic rings. The van der Waals surface area contributed by atoms with Crippen LogP contribution in [0.3, 0.4) is 0 Å². The lowest BCUT2D eigenvalue weighted by Crippen LogP contribution is -2.37. The van der Waals surface area contributed by atoms with Crippen molar-refractivity contribution in [1.29, 1.82) is 0 Å². The van der Waals surface area contributed by atoms with Gasteiger partial charge in [0.2, 0.25) is 0 Å². The van der Waals surface area contributed by atoms with E-state index in [1.165, 1.54) is 24.8 Å². The third-order valence-corrected chi connectivity index (χ3v) is 2.46. The Morgan fingerprint density at radius 2 is 2.20 bits per heavy atom. The normalized spacial score (nSPS) is 21.8. The summed E-state index contributed by atoms with van der Waals surface area (Å²) in [6.07, 6.45) is 4.19. The fraction of sp³-hybridized carbons (Fsp3) is 0.778. The molecule has 1 heteroatoms. The van der Waals surface area contributed by atoms with Crippen LogP contribution in [-0.4, -0.2) is 13.1 Å². The lowest BCUT2D eigenvalue weighted by atomic mass is 9.77. The molecule has 1 saturated carbocycles. The van der Waals surface area contributed by atoms with Gasteiger partial charge in [0, 0.05) is 6.04 Å². The van der Waals surface area contributed by atoms with Gasteiger partial charge in [0.15, 0.2) is 0 Å². The van der Waals surface area contributed by atoms with Crippen LogP contribution >= 0.6 is 0 Å². The van der Waals surface area contributed by atoms with E-state index in [2.05, 4.69) is 18.8 Å². The van der Waals surface area contributed by atoms with Gasteiger partial charge in [0.1, 0.15) is 0 Å². The number of hydrogen-bond donors (Lipinski definition) is 1. The van der Waals surface area contributed by atoms with Crippen molar-refractivity contribution in [1.82, 2.24) is 5.32 Å². The van der Waals surface area contributed by atoms with Gasteiger partial charge in [-0.2, -0.15) is 0 Å². The van der Waals surface area contributed by atoms with E-state index in [1.54, 1.807) is 0 Å². The number of hydrogen-bond acceptors (Lipinski definition) is 1. The molecule has 1 rings (SSSR count). The third-order valence-electron chi connectivity index (χ3n) is 2.46. The summed E-state index contributed by atoms with van der Waals surface area (Å²) in [5, 5.41) is 3.30. The largest absolute Gasteiger partial charge is 0.313 e. The van der Waals surface area contributed by atoms with Crippen molar-refractivity contribution in [3.8, 4) is 0 Å². The van der Waals surface area contributed by atoms with Gasteiger partial charge in [-0.25, -0.2) is 0 Å². The minimum atomic E-state index is 0.578. The monoisotopic (exact) mass is 139 g/mol. The Hall–Kier alpha value is -0.300. The van der Waals surface area contributed by atoms with Crippen molar-refractivity contribution in [2.24, 2.45) is 5.92 Å². The Labute approximate surface area is 63.5 Å². The summed E-state index contributed by atoms with van der Waals surface area (Å²) in [6, 6.07) is 0.578. The Morgan fingerprint density at radius 1 is 1.60 bits per heavy atom. The van der Waals surface area contributed by atoms with E-state index in [0.717, 1.165) is 5.92 Å². The van der Waals surface area contributed by atoms with Gasteiger partial charge >= 0.3 is 0 Å². The molecule has 1 unspecified atom stereocenters. The topological polar surface area (TPSA) is 12.0 Å². The number of nitrogens with one attached hydrogen (secondary N) is 1. The molecule has 0 heterocycles. The summed E-state index contributed by atoms with van der Waals surface area (Å²) in [4.78, 5) is 0. The highest BCUT2D eigenvalue weighted by molar-refractivity contribution is 5.05. The summed E-state index contributed by atoms with van der Waals surface area (Å²) in [5.74, 6) is 0.877.